The molecule has 0 saturated carbocycles. The van der Waals surface area contributed by atoms with Gasteiger partial charge in [0.05, 0.1) is 17.4 Å². The van der Waals surface area contributed by atoms with Gasteiger partial charge < -0.3 is 0 Å². The Morgan fingerprint density at radius 3 is 2.32 bits per heavy atom. The first-order chi connectivity index (χ1) is 15.2. The Labute approximate surface area is 180 Å². The monoisotopic (exact) mass is 419 g/mol. The Morgan fingerprint density at radius 1 is 0.903 bits per heavy atom. The number of nitrogens with zero attached hydrogens (tertiary/aromatic N) is 6. The van der Waals surface area contributed by atoms with Gasteiger partial charge in [-0.15, -0.1) is 0 Å². The van der Waals surface area contributed by atoms with E-state index >= 15 is 0 Å². The van der Waals surface area contributed by atoms with Crippen molar-refractivity contribution in [1.82, 2.24) is 29.7 Å². The van der Waals surface area contributed by atoms with E-state index in [9.17, 15) is 9.59 Å². The summed E-state index contributed by atoms with van der Waals surface area (Å²) in [4.78, 5) is 34.3. The highest BCUT2D eigenvalue weighted by Gasteiger charge is 2.26. The van der Waals surface area contributed by atoms with E-state index in [4.69, 9.17) is 0 Å². The van der Waals surface area contributed by atoms with E-state index < -0.39 is 0 Å². The van der Waals surface area contributed by atoms with Gasteiger partial charge in [0.25, 0.3) is 0 Å². The normalized spacial score (nSPS) is 18.5. The number of aromatic nitrogens is 3. The summed E-state index contributed by atoms with van der Waals surface area (Å²) in [6.45, 7) is 6.28. The smallest absolute Gasteiger partial charge is 0.297 e. The zero-order chi connectivity index (χ0) is 21.2. The van der Waals surface area contributed by atoms with Crippen molar-refractivity contribution in [3.05, 3.63) is 60.2 Å². The maximum Gasteiger partial charge on any atom is 0.328 e. The molecule has 2 aliphatic heterocycles. The number of nitrogens with one attached hydrogen (secondary N) is 1. The molecule has 0 unspecified atom stereocenters. The van der Waals surface area contributed by atoms with Gasteiger partial charge in [-0.3, -0.25) is 29.8 Å². The highest BCUT2D eigenvalue weighted by atomic mass is 16.2. The minimum absolute atomic E-state index is 0.235. The maximum absolute atomic E-state index is 12.3. The van der Waals surface area contributed by atoms with Gasteiger partial charge in [0, 0.05) is 70.8 Å². The van der Waals surface area contributed by atoms with E-state index in [-0.39, 0.29) is 11.9 Å². The molecule has 2 aliphatic rings. The molecule has 5 heterocycles. The molecule has 0 atom stereocenters. The van der Waals surface area contributed by atoms with Crippen LogP contribution in [0.5, 0.6) is 0 Å². The zero-order valence-corrected chi connectivity index (χ0v) is 17.3. The number of piperazine rings is 1. The van der Waals surface area contributed by atoms with E-state index in [1.807, 2.05) is 18.6 Å². The van der Waals surface area contributed by atoms with Crippen LogP contribution in [-0.4, -0.2) is 69.1 Å². The van der Waals surface area contributed by atoms with Crippen LogP contribution in [0.4, 0.5) is 10.5 Å². The molecule has 9 heteroatoms. The fourth-order valence-corrected chi connectivity index (χ4v) is 4.22. The Morgan fingerprint density at radius 2 is 1.61 bits per heavy atom. The molecule has 0 bridgehead atoms. The van der Waals surface area contributed by atoms with Gasteiger partial charge >= 0.3 is 6.03 Å². The summed E-state index contributed by atoms with van der Waals surface area (Å²) < 4.78 is 1.77. The number of pyridine rings is 2. The Kier molecular flexibility index (Phi) is 5.35. The molecule has 3 amide bonds. The predicted octanol–water partition coefficient (Wildman–Crippen LogP) is 1.49. The molecule has 3 aromatic heterocycles. The SMILES string of the molecule is O=C1CCN(c2cnn3ccc(CN4CCN(Cc5ccncc5)CC4)cc23)C(=O)N1. The number of imide groups is 1. The molecule has 160 valence electrons. The maximum atomic E-state index is 12.3. The molecule has 5 rings (SSSR count). The summed E-state index contributed by atoms with van der Waals surface area (Å²) in [6, 6.07) is 7.93. The lowest BCUT2D eigenvalue weighted by Gasteiger charge is -2.34. The lowest BCUT2D eigenvalue weighted by atomic mass is 10.2. The van der Waals surface area contributed by atoms with Crippen LogP contribution in [0.3, 0.4) is 0 Å². The second-order valence-electron chi connectivity index (χ2n) is 8.06. The van der Waals surface area contributed by atoms with Crippen molar-refractivity contribution in [1.29, 1.82) is 0 Å². The highest BCUT2D eigenvalue weighted by Crippen LogP contribution is 2.24. The highest BCUT2D eigenvalue weighted by molar-refractivity contribution is 6.07. The van der Waals surface area contributed by atoms with Crippen LogP contribution in [0.2, 0.25) is 0 Å². The van der Waals surface area contributed by atoms with Gasteiger partial charge in [-0.2, -0.15) is 5.10 Å². The van der Waals surface area contributed by atoms with Gasteiger partial charge in [0.2, 0.25) is 5.91 Å². The first-order valence-electron chi connectivity index (χ1n) is 10.6. The average molecular weight is 419 g/mol. The standard InChI is InChI=1S/C22H25N7O2/c30-21-4-7-28(22(31)25-21)20-14-24-29-8-3-18(13-19(20)29)16-27-11-9-26(10-12-27)15-17-1-5-23-6-2-17/h1-3,5-6,8,13-14H,4,7,9-12,15-16H2,(H,25,30,31). The fraction of sp³-hybridized carbons (Fsp3) is 0.364. The molecule has 9 nitrogen and oxygen atoms in total. The second kappa shape index (κ2) is 8.44. The third kappa shape index (κ3) is 4.28. The molecule has 0 aromatic carbocycles. The first kappa shape index (κ1) is 19.7. The van der Waals surface area contributed by atoms with E-state index in [1.165, 1.54) is 11.1 Å². The van der Waals surface area contributed by atoms with Gasteiger partial charge in [-0.25, -0.2) is 9.31 Å². The number of urea groups is 1. The Hall–Kier alpha value is -3.30. The molecular formula is C22H25N7O2. The largest absolute Gasteiger partial charge is 0.328 e. The van der Waals surface area contributed by atoms with Gasteiger partial charge in [-0.05, 0) is 35.4 Å². The Bertz CT molecular complexity index is 1090. The third-order valence-electron chi connectivity index (χ3n) is 5.94. The summed E-state index contributed by atoms with van der Waals surface area (Å²) in [6.07, 6.45) is 7.61. The average Bonchev–Trinajstić information content (AvgIpc) is 3.19. The van der Waals surface area contributed by atoms with Crippen molar-refractivity contribution in [3.63, 3.8) is 0 Å². The third-order valence-corrected chi connectivity index (χ3v) is 5.94. The number of hydrogen-bond acceptors (Lipinski definition) is 6. The summed E-state index contributed by atoms with van der Waals surface area (Å²) in [5.74, 6) is -0.235. The number of hydrogen-bond donors (Lipinski definition) is 1. The van der Waals surface area contributed by atoms with Crippen LogP contribution < -0.4 is 10.2 Å². The summed E-state index contributed by atoms with van der Waals surface area (Å²) in [5, 5.41) is 6.75. The van der Waals surface area contributed by atoms with Crippen LogP contribution in [-0.2, 0) is 17.9 Å². The van der Waals surface area contributed by atoms with Crippen molar-refractivity contribution in [2.24, 2.45) is 0 Å². The van der Waals surface area contributed by atoms with Crippen LogP contribution >= 0.6 is 0 Å². The van der Waals surface area contributed by atoms with Crippen molar-refractivity contribution in [2.45, 2.75) is 19.5 Å². The lowest BCUT2D eigenvalue weighted by molar-refractivity contribution is -0.120. The number of amides is 3. The lowest BCUT2D eigenvalue weighted by Crippen LogP contribution is -2.49. The van der Waals surface area contributed by atoms with Crippen molar-refractivity contribution in [2.75, 3.05) is 37.6 Å². The summed E-state index contributed by atoms with van der Waals surface area (Å²) >= 11 is 0. The van der Waals surface area contributed by atoms with Gasteiger partial charge in [0.1, 0.15) is 0 Å². The molecule has 0 aliphatic carbocycles. The zero-order valence-electron chi connectivity index (χ0n) is 17.3. The first-order valence-corrected chi connectivity index (χ1v) is 10.6. The number of carbonyl (C=O) groups excluding carboxylic acids is 2. The molecule has 2 fully saturated rings. The Balaban J connectivity index is 1.24. The minimum Gasteiger partial charge on any atom is -0.297 e. The van der Waals surface area contributed by atoms with Crippen LogP contribution in [0.15, 0.2) is 49.1 Å². The van der Waals surface area contributed by atoms with Gasteiger partial charge in [-0.1, -0.05) is 0 Å². The minimum atomic E-state index is -0.387. The van der Waals surface area contributed by atoms with E-state index in [0.29, 0.717) is 13.0 Å². The van der Waals surface area contributed by atoms with E-state index in [0.717, 1.165) is 50.5 Å². The molecule has 3 aromatic rings. The molecule has 31 heavy (non-hydrogen) atoms. The number of anilines is 1. The van der Waals surface area contributed by atoms with E-state index in [2.05, 4.69) is 49.5 Å². The van der Waals surface area contributed by atoms with Gasteiger partial charge in [0.15, 0.2) is 0 Å². The van der Waals surface area contributed by atoms with E-state index in [1.54, 1.807) is 15.6 Å². The summed E-state index contributed by atoms with van der Waals surface area (Å²) in [7, 11) is 0. The molecule has 0 radical (unpaired) electrons. The number of rotatable bonds is 5. The molecular weight excluding hydrogens is 394 g/mol. The quantitative estimate of drug-likeness (QED) is 0.675. The van der Waals surface area contributed by atoms with Crippen LogP contribution in [0.1, 0.15) is 17.5 Å². The summed E-state index contributed by atoms with van der Waals surface area (Å²) in [5.41, 5.74) is 4.09. The molecule has 2 saturated heterocycles. The molecule has 1 N–H and O–H groups in total. The number of fused-ring (bicyclic) bond motifs is 1. The topological polar surface area (TPSA) is 86.1 Å². The molecule has 0 spiro atoms. The van der Waals surface area contributed by atoms with Crippen LogP contribution in [0.25, 0.3) is 5.52 Å². The van der Waals surface area contributed by atoms with Crippen molar-refractivity contribution in [3.8, 4) is 0 Å². The van der Waals surface area contributed by atoms with Crippen LogP contribution in [0, 0.1) is 0 Å². The number of carbonyl (C=O) groups is 2. The van der Waals surface area contributed by atoms with Crippen molar-refractivity contribution >= 4 is 23.1 Å². The fourth-order valence-electron chi connectivity index (χ4n) is 4.22. The van der Waals surface area contributed by atoms with Crippen molar-refractivity contribution < 1.29 is 9.59 Å². The predicted molar refractivity (Wildman–Crippen MR) is 115 cm³/mol. The second-order valence-corrected chi connectivity index (χ2v) is 8.06.